The van der Waals surface area contributed by atoms with Crippen molar-refractivity contribution in [1.29, 1.82) is 0 Å². The van der Waals surface area contributed by atoms with Gasteiger partial charge in [0.1, 0.15) is 33.5 Å². The maximum atomic E-state index is 7.20. The predicted molar refractivity (Wildman–Crippen MR) is 299 cm³/mol. The minimum atomic E-state index is 0.722. The number of hydrogen-bond acceptors (Lipinski definition) is 6. The first-order chi connectivity index (χ1) is 35.3. The molecule has 11 aromatic carbocycles. The largest absolute Gasteiger partial charge is 0.456 e. The molecule has 15 rings (SSSR count). The SMILES string of the molecule is Cc1cc(C)cc(N(c2ccc3oc4ccccc4c3c2)c2cc3oc4c(ccc5c4oc4cc(N(c6cc(C)cc(C)c6)c6ccc7oc8ccccc8c7c6)c6ccccc6c45)c3c3ccccc23)c1. The molecule has 0 aliphatic rings. The monoisotopic (exact) mass is 928 g/mol. The molecule has 0 spiro atoms. The van der Waals surface area contributed by atoms with Crippen molar-refractivity contribution in [3.8, 4) is 0 Å². The second-order valence-electron chi connectivity index (χ2n) is 19.6. The van der Waals surface area contributed by atoms with Gasteiger partial charge in [0.25, 0.3) is 0 Å². The molecule has 0 bridgehead atoms. The zero-order chi connectivity index (χ0) is 47.9. The highest BCUT2D eigenvalue weighted by Crippen LogP contribution is 2.50. The Bertz CT molecular complexity index is 4430. The molecule has 0 N–H and O–H groups in total. The molecule has 6 nitrogen and oxygen atoms in total. The summed E-state index contributed by atoms with van der Waals surface area (Å²) >= 11 is 0. The molecule has 0 fully saturated rings. The molecule has 0 unspecified atom stereocenters. The van der Waals surface area contributed by atoms with Crippen LogP contribution in [-0.4, -0.2) is 0 Å². The van der Waals surface area contributed by atoms with Crippen molar-refractivity contribution < 1.29 is 17.7 Å². The van der Waals surface area contributed by atoms with Crippen molar-refractivity contribution >= 4 is 143 Å². The molecule has 0 saturated heterocycles. The predicted octanol–water partition coefficient (Wildman–Crippen LogP) is 19.8. The van der Waals surface area contributed by atoms with E-state index >= 15 is 0 Å². The first-order valence-electron chi connectivity index (χ1n) is 24.5. The maximum absolute atomic E-state index is 7.20. The topological polar surface area (TPSA) is 59.0 Å². The molecule has 72 heavy (non-hydrogen) atoms. The van der Waals surface area contributed by atoms with E-state index in [9.17, 15) is 0 Å². The summed E-state index contributed by atoms with van der Waals surface area (Å²) < 4.78 is 27.0. The number of rotatable bonds is 6. The summed E-state index contributed by atoms with van der Waals surface area (Å²) in [6, 6.07) is 69.3. The Morgan fingerprint density at radius 3 is 1.03 bits per heavy atom. The summed E-state index contributed by atoms with van der Waals surface area (Å²) in [5.41, 5.74) is 17.4. The fourth-order valence-electron chi connectivity index (χ4n) is 11.8. The van der Waals surface area contributed by atoms with Gasteiger partial charge < -0.3 is 27.5 Å². The fourth-order valence-corrected chi connectivity index (χ4v) is 11.8. The number of hydrogen-bond donors (Lipinski definition) is 0. The van der Waals surface area contributed by atoms with Crippen LogP contribution in [0.1, 0.15) is 22.3 Å². The van der Waals surface area contributed by atoms with Crippen LogP contribution in [0.2, 0.25) is 0 Å². The average molecular weight is 929 g/mol. The second-order valence-corrected chi connectivity index (χ2v) is 19.6. The molecule has 0 radical (unpaired) electrons. The summed E-state index contributed by atoms with van der Waals surface area (Å²) in [6.07, 6.45) is 0. The standard InChI is InChI=1S/C66H44N2O4/c1-37-27-38(2)30-43(29-37)67(41-21-25-59-53(33-41)47-15-9-11-19-57(47)69-59)55-35-61-63(49-17-7-5-13-45(49)55)51-23-24-52-64-50-18-8-6-14-46(50)56(36-62(64)72-66(52)65(51)71-61)68(44-31-39(3)28-40(4)32-44)42-22-26-60-54(34-42)48-16-10-12-20-58(48)70-60/h5-36H,1-4H3. The first-order valence-corrected chi connectivity index (χ1v) is 24.5. The lowest BCUT2D eigenvalue weighted by Gasteiger charge is -2.28. The van der Waals surface area contributed by atoms with Gasteiger partial charge in [0.05, 0.1) is 11.4 Å². The van der Waals surface area contributed by atoms with Crippen LogP contribution in [0, 0.1) is 27.7 Å². The lowest BCUT2D eigenvalue weighted by Crippen LogP contribution is -2.11. The molecular formula is C66H44N2O4. The smallest absolute Gasteiger partial charge is 0.178 e. The van der Waals surface area contributed by atoms with Crippen LogP contribution in [0.4, 0.5) is 34.1 Å². The molecule has 4 aromatic heterocycles. The van der Waals surface area contributed by atoms with E-state index in [1.54, 1.807) is 0 Å². The summed E-state index contributed by atoms with van der Waals surface area (Å²) in [6.45, 7) is 8.65. The fraction of sp³-hybridized carbons (Fsp3) is 0.0606. The van der Waals surface area contributed by atoms with Crippen molar-refractivity contribution in [1.82, 2.24) is 0 Å². The minimum Gasteiger partial charge on any atom is -0.456 e. The highest BCUT2D eigenvalue weighted by atomic mass is 16.4. The van der Waals surface area contributed by atoms with Crippen molar-refractivity contribution in [3.63, 3.8) is 0 Å². The van der Waals surface area contributed by atoms with Gasteiger partial charge in [0, 0.05) is 88.7 Å². The Morgan fingerprint density at radius 1 is 0.250 bits per heavy atom. The molecule has 15 aromatic rings. The van der Waals surface area contributed by atoms with E-state index in [2.05, 4.69) is 207 Å². The average Bonchev–Trinajstić information content (AvgIpc) is 4.16. The van der Waals surface area contributed by atoms with E-state index < -0.39 is 0 Å². The second kappa shape index (κ2) is 15.1. The highest BCUT2D eigenvalue weighted by Gasteiger charge is 2.26. The molecule has 0 aliphatic heterocycles. The molecule has 0 aliphatic carbocycles. The third kappa shape index (κ3) is 6.02. The summed E-state index contributed by atoms with van der Waals surface area (Å²) in [5, 5.41) is 12.8. The lowest BCUT2D eigenvalue weighted by atomic mass is 9.98. The van der Waals surface area contributed by atoms with Gasteiger partial charge in [-0.15, -0.1) is 0 Å². The van der Waals surface area contributed by atoms with Crippen molar-refractivity contribution in [2.45, 2.75) is 27.7 Å². The van der Waals surface area contributed by atoms with Gasteiger partial charge in [-0.1, -0.05) is 97.1 Å². The number of furan rings is 4. The van der Waals surface area contributed by atoms with Gasteiger partial charge in [0.15, 0.2) is 11.2 Å². The van der Waals surface area contributed by atoms with Gasteiger partial charge in [-0.3, -0.25) is 0 Å². The Kier molecular flexibility index (Phi) is 8.53. The van der Waals surface area contributed by atoms with Gasteiger partial charge in [-0.2, -0.15) is 0 Å². The van der Waals surface area contributed by atoms with E-state index in [0.29, 0.717) is 0 Å². The highest BCUT2D eigenvalue weighted by molar-refractivity contribution is 6.30. The number of para-hydroxylation sites is 2. The third-order valence-electron chi connectivity index (χ3n) is 14.7. The van der Waals surface area contributed by atoms with Gasteiger partial charge in [0.2, 0.25) is 0 Å². The lowest BCUT2D eigenvalue weighted by molar-refractivity contribution is 0.633. The molecule has 4 heterocycles. The van der Waals surface area contributed by atoms with Crippen molar-refractivity contribution in [2.24, 2.45) is 0 Å². The number of aryl methyl sites for hydroxylation is 4. The minimum absolute atomic E-state index is 0.722. The van der Waals surface area contributed by atoms with E-state index in [0.717, 1.165) is 143 Å². The van der Waals surface area contributed by atoms with Gasteiger partial charge in [-0.25, -0.2) is 0 Å². The van der Waals surface area contributed by atoms with Crippen LogP contribution >= 0.6 is 0 Å². The first kappa shape index (κ1) is 40.6. The number of anilines is 6. The number of benzene rings is 11. The van der Waals surface area contributed by atoms with Crippen LogP contribution in [0.15, 0.2) is 212 Å². The van der Waals surface area contributed by atoms with Crippen LogP contribution in [-0.2, 0) is 0 Å². The Labute approximate surface area is 413 Å². The zero-order valence-corrected chi connectivity index (χ0v) is 40.0. The normalized spacial score (nSPS) is 12.2. The molecule has 342 valence electrons. The summed E-state index contributed by atoms with van der Waals surface area (Å²) in [7, 11) is 0. The van der Waals surface area contributed by atoms with E-state index in [1.165, 1.54) is 22.3 Å². The Morgan fingerprint density at radius 2 is 0.611 bits per heavy atom. The maximum Gasteiger partial charge on any atom is 0.178 e. The zero-order valence-electron chi connectivity index (χ0n) is 40.0. The summed E-state index contributed by atoms with van der Waals surface area (Å²) in [5.74, 6) is 0. The molecular weight excluding hydrogens is 885 g/mol. The Hall–Kier alpha value is -9.26. The number of nitrogens with zero attached hydrogens (tertiary/aromatic N) is 2. The summed E-state index contributed by atoms with van der Waals surface area (Å²) in [4.78, 5) is 4.74. The van der Waals surface area contributed by atoms with Gasteiger partial charge >= 0.3 is 0 Å². The van der Waals surface area contributed by atoms with Crippen LogP contribution in [0.3, 0.4) is 0 Å². The van der Waals surface area contributed by atoms with E-state index in [-0.39, 0.29) is 0 Å². The van der Waals surface area contributed by atoms with Crippen molar-refractivity contribution in [2.75, 3.05) is 9.80 Å². The number of fused-ring (bicyclic) bond motifs is 17. The van der Waals surface area contributed by atoms with E-state index in [1.807, 2.05) is 24.3 Å². The Balaban J connectivity index is 0.973. The van der Waals surface area contributed by atoms with E-state index in [4.69, 9.17) is 17.7 Å². The van der Waals surface area contributed by atoms with Crippen LogP contribution in [0.5, 0.6) is 0 Å². The van der Waals surface area contributed by atoms with Crippen molar-refractivity contribution in [3.05, 3.63) is 216 Å². The van der Waals surface area contributed by atoms with Crippen LogP contribution in [0.25, 0.3) is 109 Å². The quantitative estimate of drug-likeness (QED) is 0.166. The van der Waals surface area contributed by atoms with Crippen LogP contribution < -0.4 is 9.80 Å². The molecule has 0 atom stereocenters. The molecule has 0 saturated carbocycles. The third-order valence-corrected chi connectivity index (χ3v) is 14.7. The molecule has 0 amide bonds. The van der Waals surface area contributed by atoms with Gasteiger partial charge in [-0.05, 0) is 146 Å². The molecule has 6 heteroatoms.